The van der Waals surface area contributed by atoms with Crippen molar-refractivity contribution < 1.29 is 9.53 Å². The summed E-state index contributed by atoms with van der Waals surface area (Å²) in [4.78, 5) is 10.3. The molecule has 0 fully saturated rings. The molecule has 0 unspecified atom stereocenters. The second kappa shape index (κ2) is 10.7. The first kappa shape index (κ1) is 16.1. The van der Waals surface area contributed by atoms with E-state index in [9.17, 15) is 4.79 Å². The van der Waals surface area contributed by atoms with Gasteiger partial charge in [0, 0.05) is 25.5 Å². The van der Waals surface area contributed by atoms with Crippen molar-refractivity contribution in [2.75, 3.05) is 20.0 Å². The Bertz CT molecular complexity index is 272. The highest BCUT2D eigenvalue weighted by Gasteiger charge is 1.94. The van der Waals surface area contributed by atoms with Crippen LogP contribution in [0.2, 0.25) is 0 Å². The third-order valence-electron chi connectivity index (χ3n) is 1.37. The Morgan fingerprint density at radius 1 is 1.27 bits per heavy atom. The van der Waals surface area contributed by atoms with Gasteiger partial charge in [0.15, 0.2) is 6.29 Å². The van der Waals surface area contributed by atoms with Gasteiger partial charge in [-0.2, -0.15) is 0 Å². The number of methoxy groups -OCH3 is 1. The molecule has 0 aliphatic rings. The van der Waals surface area contributed by atoms with Gasteiger partial charge >= 0.3 is 0 Å². The number of carbonyl (C=O) groups is 1. The number of nitrogen functional groups attached to an aromatic ring is 1. The van der Waals surface area contributed by atoms with E-state index in [1.807, 2.05) is 26.8 Å². The van der Waals surface area contributed by atoms with Crippen LogP contribution in [0.1, 0.15) is 29.8 Å². The molecule has 0 saturated heterocycles. The molecule has 3 nitrogen and oxygen atoms in total. The molecule has 1 aromatic carbocycles. The van der Waals surface area contributed by atoms with E-state index >= 15 is 0 Å². The summed E-state index contributed by atoms with van der Waals surface area (Å²) in [6.07, 6.45) is 0.766. The highest BCUT2D eigenvalue weighted by molar-refractivity contribution is 5.83. The molecule has 0 aromatic heterocycles. The second-order valence-corrected chi connectivity index (χ2v) is 2.66. The first-order chi connectivity index (χ1) is 7.15. The molecular weight excluding hydrogens is 190 g/mol. The Morgan fingerprint density at radius 2 is 1.73 bits per heavy atom. The lowest BCUT2D eigenvalue weighted by molar-refractivity contribution is 0.112. The van der Waals surface area contributed by atoms with Gasteiger partial charge in [-0.1, -0.05) is 25.5 Å². The van der Waals surface area contributed by atoms with Crippen LogP contribution in [-0.2, 0) is 4.74 Å². The van der Waals surface area contributed by atoms with Crippen molar-refractivity contribution in [2.24, 2.45) is 0 Å². The second-order valence-electron chi connectivity index (χ2n) is 2.66. The lowest BCUT2D eigenvalue weighted by atomic mass is 10.1. The van der Waals surface area contributed by atoms with Crippen LogP contribution in [-0.4, -0.2) is 20.5 Å². The highest BCUT2D eigenvalue weighted by Crippen LogP contribution is 2.10. The largest absolute Gasteiger partial charge is 0.398 e. The van der Waals surface area contributed by atoms with Gasteiger partial charge in [-0.15, -0.1) is 0 Å². The minimum atomic E-state index is 0.542. The zero-order chi connectivity index (χ0) is 12.3. The summed E-state index contributed by atoms with van der Waals surface area (Å²) < 4.78 is 4.25. The van der Waals surface area contributed by atoms with E-state index in [1.165, 1.54) is 0 Å². The molecule has 1 aromatic rings. The summed E-state index contributed by atoms with van der Waals surface area (Å²) in [7, 11) is 3.25. The van der Waals surface area contributed by atoms with Crippen LogP contribution in [0.5, 0.6) is 0 Å². The number of aldehydes is 1. The van der Waals surface area contributed by atoms with E-state index in [0.717, 1.165) is 11.8 Å². The number of anilines is 1. The monoisotopic (exact) mass is 211 g/mol. The van der Waals surface area contributed by atoms with Crippen molar-refractivity contribution in [2.45, 2.75) is 20.8 Å². The van der Waals surface area contributed by atoms with E-state index < -0.39 is 0 Å². The quantitative estimate of drug-likeness (QED) is 0.574. The molecule has 0 aliphatic carbocycles. The normalized spacial score (nSPS) is 7.80. The van der Waals surface area contributed by atoms with Crippen LogP contribution in [0.3, 0.4) is 0 Å². The molecular formula is C12H21NO2. The van der Waals surface area contributed by atoms with E-state index in [2.05, 4.69) is 4.74 Å². The maximum Gasteiger partial charge on any atom is 0.152 e. The number of hydrogen-bond acceptors (Lipinski definition) is 3. The Kier molecular flexibility index (Phi) is 11.5. The van der Waals surface area contributed by atoms with Crippen LogP contribution >= 0.6 is 0 Å². The molecule has 0 atom stereocenters. The fourth-order valence-electron chi connectivity index (χ4n) is 0.796. The smallest absolute Gasteiger partial charge is 0.152 e. The zero-order valence-electron chi connectivity index (χ0n) is 10.2. The number of aryl methyl sites for hydroxylation is 1. The number of nitrogens with two attached hydrogens (primary N) is 1. The summed E-state index contributed by atoms with van der Waals surface area (Å²) in [5.74, 6) is 0. The predicted octanol–water partition coefficient (Wildman–Crippen LogP) is 2.68. The Morgan fingerprint density at radius 3 is 2.07 bits per heavy atom. The number of rotatable bonds is 1. The fraction of sp³-hybridized carbons (Fsp3) is 0.417. The van der Waals surface area contributed by atoms with Gasteiger partial charge in [-0.25, -0.2) is 0 Å². The third-order valence-corrected chi connectivity index (χ3v) is 1.37. The molecule has 3 heteroatoms. The standard InChI is InChI=1S/C8H9NO.C2H6O.C2H6/c1-6-2-3-8(9)7(4-6)5-10;1-3-2;1-2/h2-5H,9H2,1H3;1-2H3;1-2H3. The van der Waals surface area contributed by atoms with Crippen molar-refractivity contribution >= 4 is 12.0 Å². The van der Waals surface area contributed by atoms with Crippen LogP contribution in [0.15, 0.2) is 18.2 Å². The molecule has 0 radical (unpaired) electrons. The van der Waals surface area contributed by atoms with Crippen molar-refractivity contribution in [3.05, 3.63) is 29.3 Å². The van der Waals surface area contributed by atoms with E-state index in [4.69, 9.17) is 5.73 Å². The molecule has 86 valence electrons. The molecule has 0 saturated carbocycles. The molecule has 15 heavy (non-hydrogen) atoms. The van der Waals surface area contributed by atoms with Gasteiger partial charge in [0.25, 0.3) is 0 Å². The Hall–Kier alpha value is -1.35. The summed E-state index contributed by atoms with van der Waals surface area (Å²) in [6.45, 7) is 5.92. The maximum atomic E-state index is 10.3. The highest BCUT2D eigenvalue weighted by atomic mass is 16.4. The predicted molar refractivity (Wildman–Crippen MR) is 65.3 cm³/mol. The lowest BCUT2D eigenvalue weighted by Gasteiger charge is -1.97. The lowest BCUT2D eigenvalue weighted by Crippen LogP contribution is -1.92. The van der Waals surface area contributed by atoms with Crippen molar-refractivity contribution in [3.8, 4) is 0 Å². The van der Waals surface area contributed by atoms with E-state index in [0.29, 0.717) is 11.3 Å². The molecule has 0 bridgehead atoms. The van der Waals surface area contributed by atoms with E-state index in [-0.39, 0.29) is 0 Å². The first-order valence-corrected chi connectivity index (χ1v) is 4.87. The third kappa shape index (κ3) is 7.70. The van der Waals surface area contributed by atoms with Gasteiger partial charge in [-0.3, -0.25) is 4.79 Å². The molecule has 0 heterocycles. The number of carbonyl (C=O) groups excluding carboxylic acids is 1. The minimum Gasteiger partial charge on any atom is -0.398 e. The van der Waals surface area contributed by atoms with Crippen LogP contribution in [0.4, 0.5) is 5.69 Å². The Balaban J connectivity index is 0. The molecule has 0 spiro atoms. The topological polar surface area (TPSA) is 52.3 Å². The Labute approximate surface area is 92.2 Å². The summed E-state index contributed by atoms with van der Waals surface area (Å²) in [5, 5.41) is 0. The van der Waals surface area contributed by atoms with Crippen molar-refractivity contribution in [1.29, 1.82) is 0 Å². The summed E-state index contributed by atoms with van der Waals surface area (Å²) in [5.41, 5.74) is 7.63. The van der Waals surface area contributed by atoms with Crippen LogP contribution in [0.25, 0.3) is 0 Å². The molecule has 0 amide bonds. The molecule has 0 aliphatic heterocycles. The molecule has 1 rings (SSSR count). The minimum absolute atomic E-state index is 0.542. The van der Waals surface area contributed by atoms with Crippen molar-refractivity contribution in [3.63, 3.8) is 0 Å². The van der Waals surface area contributed by atoms with E-state index in [1.54, 1.807) is 26.4 Å². The van der Waals surface area contributed by atoms with Gasteiger partial charge in [0.2, 0.25) is 0 Å². The fourth-order valence-corrected chi connectivity index (χ4v) is 0.796. The summed E-state index contributed by atoms with van der Waals surface area (Å²) >= 11 is 0. The zero-order valence-corrected chi connectivity index (χ0v) is 10.2. The van der Waals surface area contributed by atoms with Gasteiger partial charge < -0.3 is 10.5 Å². The van der Waals surface area contributed by atoms with Crippen molar-refractivity contribution in [1.82, 2.24) is 0 Å². The maximum absolute atomic E-state index is 10.3. The number of benzene rings is 1. The van der Waals surface area contributed by atoms with Gasteiger partial charge in [0.1, 0.15) is 0 Å². The SMILES string of the molecule is CC.COC.Cc1ccc(N)c(C=O)c1. The average molecular weight is 211 g/mol. The summed E-state index contributed by atoms with van der Waals surface area (Å²) in [6, 6.07) is 5.38. The van der Waals surface area contributed by atoms with Crippen LogP contribution in [0, 0.1) is 6.92 Å². The number of ether oxygens (including phenoxy) is 1. The number of hydrogen-bond donors (Lipinski definition) is 1. The van der Waals surface area contributed by atoms with Gasteiger partial charge in [-0.05, 0) is 19.1 Å². The van der Waals surface area contributed by atoms with Crippen LogP contribution < -0.4 is 5.73 Å². The average Bonchev–Trinajstić information content (AvgIpc) is 2.26. The van der Waals surface area contributed by atoms with Gasteiger partial charge in [0.05, 0.1) is 0 Å². The first-order valence-electron chi connectivity index (χ1n) is 4.87. The molecule has 2 N–H and O–H groups in total.